The van der Waals surface area contributed by atoms with Crippen LogP contribution in [-0.2, 0) is 6.54 Å². The molecular formula is C12H12N4O2. The lowest BCUT2D eigenvalue weighted by atomic mass is 10.3. The number of nitrogens with zero attached hydrogens (tertiary/aromatic N) is 4. The van der Waals surface area contributed by atoms with Crippen LogP contribution < -0.4 is 0 Å². The number of hydrogen-bond acceptors (Lipinski definition) is 5. The molecule has 0 unspecified atom stereocenters. The summed E-state index contributed by atoms with van der Waals surface area (Å²) in [6.07, 6.45) is 3.57. The maximum absolute atomic E-state index is 5.44. The summed E-state index contributed by atoms with van der Waals surface area (Å²) < 4.78 is 12.4. The monoisotopic (exact) mass is 244 g/mol. The highest BCUT2D eigenvalue weighted by Crippen LogP contribution is 2.23. The summed E-state index contributed by atoms with van der Waals surface area (Å²) in [7, 11) is 0. The Morgan fingerprint density at radius 2 is 2.22 bits per heavy atom. The lowest BCUT2D eigenvalue weighted by Gasteiger charge is -1.89. The Morgan fingerprint density at radius 3 is 2.89 bits per heavy atom. The second-order valence-corrected chi connectivity index (χ2v) is 3.92. The van der Waals surface area contributed by atoms with Crippen LogP contribution in [0.15, 0.2) is 33.5 Å². The van der Waals surface area contributed by atoms with Crippen LogP contribution in [0.5, 0.6) is 0 Å². The second-order valence-electron chi connectivity index (χ2n) is 3.92. The fourth-order valence-electron chi connectivity index (χ4n) is 1.64. The van der Waals surface area contributed by atoms with E-state index in [1.807, 2.05) is 32.2 Å². The number of hydrogen-bond donors (Lipinski definition) is 0. The van der Waals surface area contributed by atoms with Crippen molar-refractivity contribution < 1.29 is 8.94 Å². The molecule has 0 aliphatic rings. The Morgan fingerprint density at radius 1 is 1.33 bits per heavy atom. The third-order valence-corrected chi connectivity index (χ3v) is 2.59. The van der Waals surface area contributed by atoms with Gasteiger partial charge in [-0.2, -0.15) is 10.1 Å². The minimum atomic E-state index is 0.443. The lowest BCUT2D eigenvalue weighted by Crippen LogP contribution is -1.91. The molecule has 3 rings (SSSR count). The maximum atomic E-state index is 5.44. The first-order chi connectivity index (χ1) is 8.76. The maximum Gasteiger partial charge on any atom is 0.261 e. The first-order valence-electron chi connectivity index (χ1n) is 5.69. The predicted molar refractivity (Wildman–Crippen MR) is 63.6 cm³/mol. The topological polar surface area (TPSA) is 69.9 Å². The molecule has 3 aromatic rings. The van der Waals surface area contributed by atoms with E-state index in [0.717, 1.165) is 17.9 Å². The molecule has 0 spiro atoms. The summed E-state index contributed by atoms with van der Waals surface area (Å²) in [4.78, 5) is 4.29. The van der Waals surface area contributed by atoms with Gasteiger partial charge in [0.05, 0.1) is 11.8 Å². The van der Waals surface area contributed by atoms with Crippen molar-refractivity contribution in [2.24, 2.45) is 0 Å². The summed E-state index contributed by atoms with van der Waals surface area (Å²) in [6.45, 7) is 4.69. The Balaban J connectivity index is 1.93. The van der Waals surface area contributed by atoms with Crippen LogP contribution in [0.3, 0.4) is 0 Å². The van der Waals surface area contributed by atoms with Crippen LogP contribution in [-0.4, -0.2) is 19.9 Å². The highest BCUT2D eigenvalue weighted by Gasteiger charge is 2.14. The van der Waals surface area contributed by atoms with Gasteiger partial charge in [0.15, 0.2) is 5.76 Å². The molecular weight excluding hydrogens is 232 g/mol. The van der Waals surface area contributed by atoms with Gasteiger partial charge in [0, 0.05) is 12.7 Å². The van der Waals surface area contributed by atoms with Crippen molar-refractivity contribution in [3.8, 4) is 23.0 Å². The van der Waals surface area contributed by atoms with Gasteiger partial charge >= 0.3 is 0 Å². The molecule has 0 aliphatic carbocycles. The molecule has 6 nitrogen and oxygen atoms in total. The summed E-state index contributed by atoms with van der Waals surface area (Å²) in [5.41, 5.74) is 0.805. The zero-order valence-corrected chi connectivity index (χ0v) is 10.1. The zero-order chi connectivity index (χ0) is 12.5. The molecule has 92 valence electrons. The lowest BCUT2D eigenvalue weighted by molar-refractivity contribution is 0.429. The van der Waals surface area contributed by atoms with Gasteiger partial charge in [-0.3, -0.25) is 4.68 Å². The summed E-state index contributed by atoms with van der Waals surface area (Å²) >= 11 is 0. The molecule has 3 aromatic heterocycles. The first kappa shape index (κ1) is 10.8. The van der Waals surface area contributed by atoms with Crippen molar-refractivity contribution in [1.29, 1.82) is 0 Å². The number of aryl methyl sites for hydroxylation is 2. The largest absolute Gasteiger partial charge is 0.458 e. The molecule has 18 heavy (non-hydrogen) atoms. The minimum absolute atomic E-state index is 0.443. The molecule has 0 radical (unpaired) electrons. The zero-order valence-electron chi connectivity index (χ0n) is 10.1. The number of rotatable bonds is 3. The first-order valence-corrected chi connectivity index (χ1v) is 5.69. The number of aromatic nitrogens is 4. The van der Waals surface area contributed by atoms with Crippen molar-refractivity contribution in [3.63, 3.8) is 0 Å². The van der Waals surface area contributed by atoms with E-state index in [1.54, 1.807) is 10.9 Å². The molecule has 0 aromatic carbocycles. The molecule has 0 fully saturated rings. The van der Waals surface area contributed by atoms with Crippen molar-refractivity contribution in [1.82, 2.24) is 19.9 Å². The van der Waals surface area contributed by atoms with Crippen LogP contribution in [0.2, 0.25) is 0 Å². The van der Waals surface area contributed by atoms with Gasteiger partial charge < -0.3 is 8.94 Å². The smallest absolute Gasteiger partial charge is 0.261 e. The second kappa shape index (κ2) is 4.14. The van der Waals surface area contributed by atoms with Crippen molar-refractivity contribution in [2.75, 3.05) is 0 Å². The molecule has 0 N–H and O–H groups in total. The Bertz CT molecular complexity index is 665. The molecule has 0 saturated carbocycles. The van der Waals surface area contributed by atoms with Gasteiger partial charge in [-0.25, -0.2) is 0 Å². The minimum Gasteiger partial charge on any atom is -0.458 e. The van der Waals surface area contributed by atoms with E-state index < -0.39 is 0 Å². The highest BCUT2D eigenvalue weighted by molar-refractivity contribution is 5.54. The van der Waals surface area contributed by atoms with Crippen LogP contribution in [0, 0.1) is 6.92 Å². The average molecular weight is 244 g/mol. The van der Waals surface area contributed by atoms with Gasteiger partial charge in [0.2, 0.25) is 5.82 Å². The van der Waals surface area contributed by atoms with E-state index in [4.69, 9.17) is 8.94 Å². The standard InChI is InChI=1S/C12H12N4O2/c1-3-16-7-9(6-13-16)12-14-11(15-18-12)10-5-4-8(2)17-10/h4-7H,3H2,1-2H3. The summed E-state index contributed by atoms with van der Waals surface area (Å²) in [5.74, 6) is 2.31. The Kier molecular flexibility index (Phi) is 2.47. The molecule has 0 aliphatic heterocycles. The molecule has 0 bridgehead atoms. The Labute approximate surface area is 103 Å². The fourth-order valence-corrected chi connectivity index (χ4v) is 1.64. The molecule has 0 amide bonds. The third-order valence-electron chi connectivity index (χ3n) is 2.59. The van der Waals surface area contributed by atoms with Gasteiger partial charge in [-0.05, 0) is 26.0 Å². The predicted octanol–water partition coefficient (Wildman–Crippen LogP) is 2.52. The van der Waals surface area contributed by atoms with E-state index in [9.17, 15) is 0 Å². The van der Waals surface area contributed by atoms with Crippen molar-refractivity contribution in [2.45, 2.75) is 20.4 Å². The highest BCUT2D eigenvalue weighted by atomic mass is 16.5. The van der Waals surface area contributed by atoms with Crippen LogP contribution in [0.1, 0.15) is 12.7 Å². The van der Waals surface area contributed by atoms with Crippen LogP contribution in [0.25, 0.3) is 23.0 Å². The van der Waals surface area contributed by atoms with E-state index in [-0.39, 0.29) is 0 Å². The van der Waals surface area contributed by atoms with E-state index in [2.05, 4.69) is 15.2 Å². The Hall–Kier alpha value is -2.37. The van der Waals surface area contributed by atoms with Crippen LogP contribution in [0.4, 0.5) is 0 Å². The number of furan rings is 1. The fraction of sp³-hybridized carbons (Fsp3) is 0.250. The molecule has 0 saturated heterocycles. The summed E-state index contributed by atoms with van der Waals surface area (Å²) in [6, 6.07) is 3.68. The average Bonchev–Trinajstić information content (AvgIpc) is 3.07. The van der Waals surface area contributed by atoms with Crippen molar-refractivity contribution in [3.05, 3.63) is 30.3 Å². The quantitative estimate of drug-likeness (QED) is 0.708. The summed E-state index contributed by atoms with van der Waals surface area (Å²) in [5, 5.41) is 8.06. The van der Waals surface area contributed by atoms with Gasteiger partial charge in [-0.1, -0.05) is 5.16 Å². The molecule has 0 atom stereocenters. The van der Waals surface area contributed by atoms with Crippen molar-refractivity contribution >= 4 is 0 Å². The third kappa shape index (κ3) is 1.81. The van der Waals surface area contributed by atoms with Gasteiger partial charge in [-0.15, -0.1) is 0 Å². The molecule has 3 heterocycles. The van der Waals surface area contributed by atoms with Gasteiger partial charge in [0.1, 0.15) is 5.76 Å². The van der Waals surface area contributed by atoms with E-state index >= 15 is 0 Å². The van der Waals surface area contributed by atoms with E-state index in [1.165, 1.54) is 0 Å². The SMILES string of the molecule is CCn1cc(-c2nc(-c3ccc(C)o3)no2)cn1. The normalized spacial score (nSPS) is 11.0. The van der Waals surface area contributed by atoms with E-state index in [0.29, 0.717) is 17.5 Å². The molecule has 6 heteroatoms. The van der Waals surface area contributed by atoms with Crippen LogP contribution >= 0.6 is 0 Å². The van der Waals surface area contributed by atoms with Gasteiger partial charge in [0.25, 0.3) is 5.89 Å².